The normalized spacial score (nSPS) is 14.6. The first kappa shape index (κ1) is 56.7. The molecule has 0 aromatic heterocycles. The summed E-state index contributed by atoms with van der Waals surface area (Å²) in [6, 6.07) is 0. The third kappa shape index (κ3) is 45.0. The van der Waals surface area contributed by atoms with Crippen LogP contribution in [0, 0.1) is 0 Å². The molecular weight excluding hydrogens is 765 g/mol. The van der Waals surface area contributed by atoms with Crippen LogP contribution in [-0.4, -0.2) is 81.2 Å². The van der Waals surface area contributed by atoms with Crippen molar-refractivity contribution in [1.82, 2.24) is 0 Å². The van der Waals surface area contributed by atoms with Crippen LogP contribution in [0.1, 0.15) is 174 Å². The standard InChI is InChI=1S/C48H86NO9P/c1-6-7-8-9-10-11-12-13-14-15-18-21-24-27-30-33-36-39-47(51)55-43-46(44-57-59(53,54)56-42-41-49(3,4)5)58-48(52)40-37-34-31-28-25-22-19-16-17-20-23-26-29-32-35-38-45(2)50/h13-14,17,19-20,22,26,28-29,31,45-46,50H,6-12,15-16,18,21,23-25,27,30,32-44H2,1-5H3/b14-13-,20-17-,22-19-,29-26-,31-28-/t45-,46+/m0/s1. The Kier molecular flexibility index (Phi) is 38.2. The third-order valence-corrected chi connectivity index (χ3v) is 10.5. The fourth-order valence-corrected chi connectivity index (χ4v) is 6.62. The number of phosphoric acid groups is 1. The second kappa shape index (κ2) is 39.8. The van der Waals surface area contributed by atoms with E-state index in [1.165, 1.54) is 64.2 Å². The predicted octanol–water partition coefficient (Wildman–Crippen LogP) is 11.6. The van der Waals surface area contributed by atoms with Gasteiger partial charge in [0, 0.05) is 12.8 Å². The summed E-state index contributed by atoms with van der Waals surface area (Å²) in [5.74, 6) is -0.924. The Morgan fingerprint density at radius 1 is 0.610 bits per heavy atom. The van der Waals surface area contributed by atoms with Crippen LogP contribution in [0.3, 0.4) is 0 Å². The lowest BCUT2D eigenvalue weighted by Gasteiger charge is -2.28. The summed E-state index contributed by atoms with van der Waals surface area (Å²) in [6.45, 7) is 3.69. The number of quaternary nitrogens is 1. The van der Waals surface area contributed by atoms with Gasteiger partial charge in [-0.25, -0.2) is 0 Å². The average Bonchev–Trinajstić information content (AvgIpc) is 3.17. The third-order valence-electron chi connectivity index (χ3n) is 9.53. The van der Waals surface area contributed by atoms with Crippen molar-refractivity contribution in [2.45, 2.75) is 187 Å². The van der Waals surface area contributed by atoms with Gasteiger partial charge in [-0.1, -0.05) is 132 Å². The predicted molar refractivity (Wildman–Crippen MR) is 242 cm³/mol. The number of likely N-dealkylation sites (N-methyl/N-ethyl adjacent to an activating group) is 1. The molecule has 11 heteroatoms. The van der Waals surface area contributed by atoms with Gasteiger partial charge in [0.1, 0.15) is 19.8 Å². The summed E-state index contributed by atoms with van der Waals surface area (Å²) in [4.78, 5) is 37.6. The smallest absolute Gasteiger partial charge is 0.306 e. The van der Waals surface area contributed by atoms with E-state index < -0.39 is 32.5 Å². The van der Waals surface area contributed by atoms with Crippen molar-refractivity contribution in [3.8, 4) is 0 Å². The number of rotatable bonds is 41. The number of unbranched alkanes of at least 4 members (excludes halogenated alkanes) is 15. The molecule has 342 valence electrons. The highest BCUT2D eigenvalue weighted by molar-refractivity contribution is 7.45. The van der Waals surface area contributed by atoms with E-state index in [0.29, 0.717) is 30.3 Å². The van der Waals surface area contributed by atoms with E-state index in [2.05, 4.69) is 61.6 Å². The molecule has 3 atom stereocenters. The topological polar surface area (TPSA) is 131 Å². The van der Waals surface area contributed by atoms with Gasteiger partial charge in [0.15, 0.2) is 6.10 Å². The van der Waals surface area contributed by atoms with Crippen LogP contribution >= 0.6 is 7.82 Å². The summed E-state index contributed by atoms with van der Waals surface area (Å²) in [6.07, 6.45) is 45.3. The fraction of sp³-hybridized carbons (Fsp3) is 0.750. The fourth-order valence-electron chi connectivity index (χ4n) is 5.89. The van der Waals surface area contributed by atoms with E-state index in [1.807, 2.05) is 34.1 Å². The van der Waals surface area contributed by atoms with Crippen LogP contribution in [0.4, 0.5) is 0 Å². The Hall–Kier alpha value is -2.33. The second-order valence-electron chi connectivity index (χ2n) is 16.7. The molecule has 0 radical (unpaired) electrons. The minimum atomic E-state index is -4.65. The first-order chi connectivity index (χ1) is 28.3. The Labute approximate surface area is 360 Å². The van der Waals surface area contributed by atoms with Gasteiger partial charge in [0.25, 0.3) is 7.82 Å². The molecule has 0 saturated heterocycles. The average molecular weight is 852 g/mol. The number of nitrogens with zero attached hydrogens (tertiary/aromatic N) is 1. The SMILES string of the molecule is CCCCCCCC/C=C\CCCCCCCCCC(=O)OC[C@H](COP(=O)([O-])OCC[N+](C)(C)C)OC(=O)CCC/C=C\C/C=C\C/C=C\C/C=C\CCC[C@H](C)O. The molecule has 0 aromatic carbocycles. The molecule has 0 spiro atoms. The number of carbonyl (C=O) groups is 2. The van der Waals surface area contributed by atoms with E-state index in [4.69, 9.17) is 18.5 Å². The number of aliphatic hydroxyl groups is 1. The monoisotopic (exact) mass is 852 g/mol. The number of carbonyl (C=O) groups excluding carboxylic acids is 2. The highest BCUT2D eigenvalue weighted by Gasteiger charge is 2.21. The van der Waals surface area contributed by atoms with Gasteiger partial charge in [-0.2, -0.15) is 0 Å². The molecule has 10 nitrogen and oxygen atoms in total. The number of hydrogen-bond acceptors (Lipinski definition) is 9. The number of ether oxygens (including phenoxy) is 2. The van der Waals surface area contributed by atoms with Crippen molar-refractivity contribution >= 4 is 19.8 Å². The van der Waals surface area contributed by atoms with Crippen LogP contribution in [-0.2, 0) is 32.7 Å². The quantitative estimate of drug-likeness (QED) is 0.0210. The lowest BCUT2D eigenvalue weighted by molar-refractivity contribution is -0.870. The summed E-state index contributed by atoms with van der Waals surface area (Å²) in [5.41, 5.74) is 0. The molecule has 1 N–H and O–H groups in total. The Balaban J connectivity index is 4.44. The van der Waals surface area contributed by atoms with Crippen LogP contribution in [0.2, 0.25) is 0 Å². The molecule has 0 aliphatic carbocycles. The molecule has 0 fully saturated rings. The van der Waals surface area contributed by atoms with E-state index in [9.17, 15) is 24.2 Å². The van der Waals surface area contributed by atoms with Gasteiger partial charge in [-0.3, -0.25) is 14.2 Å². The first-order valence-electron chi connectivity index (χ1n) is 23.0. The van der Waals surface area contributed by atoms with Gasteiger partial charge in [-0.15, -0.1) is 0 Å². The zero-order valence-electron chi connectivity index (χ0n) is 38.0. The van der Waals surface area contributed by atoms with E-state index in [-0.39, 0.29) is 32.2 Å². The molecule has 0 aliphatic heterocycles. The van der Waals surface area contributed by atoms with Crippen LogP contribution in [0.15, 0.2) is 60.8 Å². The minimum Gasteiger partial charge on any atom is -0.756 e. The first-order valence-corrected chi connectivity index (χ1v) is 24.5. The summed E-state index contributed by atoms with van der Waals surface area (Å²) < 4.78 is 33.8. The van der Waals surface area contributed by atoms with Crippen LogP contribution in [0.25, 0.3) is 0 Å². The summed E-state index contributed by atoms with van der Waals surface area (Å²) in [7, 11) is 1.10. The number of allylic oxidation sites excluding steroid dienone is 10. The van der Waals surface area contributed by atoms with Gasteiger partial charge in [-0.05, 0) is 90.4 Å². The number of esters is 2. The van der Waals surface area contributed by atoms with Crippen molar-refractivity contribution in [1.29, 1.82) is 0 Å². The van der Waals surface area contributed by atoms with Gasteiger partial charge >= 0.3 is 11.9 Å². The highest BCUT2D eigenvalue weighted by atomic mass is 31.2. The minimum absolute atomic E-state index is 0.0497. The van der Waals surface area contributed by atoms with Crippen LogP contribution in [0.5, 0.6) is 0 Å². The Bertz CT molecular complexity index is 1210. The van der Waals surface area contributed by atoms with Crippen molar-refractivity contribution in [2.75, 3.05) is 47.5 Å². The largest absolute Gasteiger partial charge is 0.756 e. The number of aliphatic hydroxyl groups excluding tert-OH is 1. The lowest BCUT2D eigenvalue weighted by atomic mass is 10.1. The van der Waals surface area contributed by atoms with Gasteiger partial charge in [0.2, 0.25) is 0 Å². The zero-order valence-corrected chi connectivity index (χ0v) is 38.9. The molecule has 0 bridgehead atoms. The zero-order chi connectivity index (χ0) is 43.7. The Morgan fingerprint density at radius 2 is 1.07 bits per heavy atom. The molecule has 1 unspecified atom stereocenters. The number of phosphoric ester groups is 1. The molecule has 0 rings (SSSR count). The molecule has 0 heterocycles. The van der Waals surface area contributed by atoms with Crippen molar-refractivity contribution in [3.05, 3.63) is 60.8 Å². The maximum absolute atomic E-state index is 12.7. The van der Waals surface area contributed by atoms with Gasteiger partial charge < -0.3 is 33.0 Å². The second-order valence-corrected chi connectivity index (χ2v) is 18.1. The van der Waals surface area contributed by atoms with Crippen molar-refractivity contribution in [2.24, 2.45) is 0 Å². The van der Waals surface area contributed by atoms with Crippen molar-refractivity contribution < 1.29 is 47.2 Å². The van der Waals surface area contributed by atoms with E-state index in [1.54, 1.807) is 0 Å². The lowest BCUT2D eigenvalue weighted by Crippen LogP contribution is -2.37. The van der Waals surface area contributed by atoms with E-state index >= 15 is 0 Å². The van der Waals surface area contributed by atoms with Crippen LogP contribution < -0.4 is 4.89 Å². The number of hydrogen-bond donors (Lipinski definition) is 1. The maximum atomic E-state index is 12.7. The highest BCUT2D eigenvalue weighted by Crippen LogP contribution is 2.38. The molecule has 59 heavy (non-hydrogen) atoms. The summed E-state index contributed by atoms with van der Waals surface area (Å²) >= 11 is 0. The molecular formula is C48H86NO9P. The molecule has 0 amide bonds. The molecule has 0 aliphatic rings. The summed E-state index contributed by atoms with van der Waals surface area (Å²) in [5, 5.41) is 9.28. The Morgan fingerprint density at radius 3 is 1.61 bits per heavy atom. The van der Waals surface area contributed by atoms with E-state index in [0.717, 1.165) is 64.2 Å². The molecule has 0 saturated carbocycles. The maximum Gasteiger partial charge on any atom is 0.306 e. The molecule has 0 aromatic rings. The van der Waals surface area contributed by atoms with Crippen molar-refractivity contribution in [3.63, 3.8) is 0 Å². The van der Waals surface area contributed by atoms with Gasteiger partial charge in [0.05, 0.1) is 33.9 Å².